The molecule has 0 spiro atoms. The zero-order valence-corrected chi connectivity index (χ0v) is 22.1. The number of non-ortho nitro benzene ring substituents is 1. The summed E-state index contributed by atoms with van der Waals surface area (Å²) in [6, 6.07) is 30.2. The summed E-state index contributed by atoms with van der Waals surface area (Å²) >= 11 is 7.43. The van der Waals surface area contributed by atoms with Crippen LogP contribution in [0.25, 0.3) is 5.82 Å². The smallest absolute Gasteiger partial charge is 0.269 e. The largest absolute Gasteiger partial charge is 0.351 e. The summed E-state index contributed by atoms with van der Waals surface area (Å²) < 4.78 is 2.09. The molecule has 0 radical (unpaired) electrons. The van der Waals surface area contributed by atoms with Crippen LogP contribution in [0.3, 0.4) is 0 Å². The van der Waals surface area contributed by atoms with E-state index < -0.39 is 4.92 Å². The molecule has 2 aromatic carbocycles. The Bertz CT molecular complexity index is 1610. The van der Waals surface area contributed by atoms with Crippen LogP contribution in [0.2, 0.25) is 0 Å². The van der Waals surface area contributed by atoms with Gasteiger partial charge < -0.3 is 14.8 Å². The van der Waals surface area contributed by atoms with Gasteiger partial charge in [-0.25, -0.2) is 4.98 Å². The Kier molecular flexibility index (Phi) is 6.78. The van der Waals surface area contributed by atoms with Crippen molar-refractivity contribution in [2.24, 2.45) is 0 Å². The van der Waals surface area contributed by atoms with Crippen molar-refractivity contribution < 1.29 is 4.92 Å². The van der Waals surface area contributed by atoms with Crippen LogP contribution < -0.4 is 10.2 Å². The van der Waals surface area contributed by atoms with Gasteiger partial charge in [-0.15, -0.1) is 0 Å². The molecule has 1 N–H and O–H groups in total. The number of nitro benzene ring substituents is 1. The quantitative estimate of drug-likeness (QED) is 0.139. The lowest BCUT2D eigenvalue weighted by Crippen LogP contribution is -2.30. The molecule has 1 aliphatic heterocycles. The molecule has 0 unspecified atom stereocenters. The molecule has 39 heavy (non-hydrogen) atoms. The molecule has 192 valence electrons. The maximum absolute atomic E-state index is 11.0. The first kappa shape index (κ1) is 24.8. The standard InChI is InChI=1S/C29H22N6O2S2/c36-35(37)21-11-15-23(16-12-21)39-22-13-9-20(10-14-22)34-28(27(32-29(34)38)24-6-1-3-17-30-24)25-7-5-19-33(25)26-8-2-4-18-31-26/h1-19,27-28H,(H,32,38)/t27-,28-/m0/s1. The third-order valence-electron chi connectivity index (χ3n) is 6.48. The highest BCUT2D eigenvalue weighted by molar-refractivity contribution is 7.99. The molecule has 1 aliphatic rings. The Balaban J connectivity index is 1.35. The summed E-state index contributed by atoms with van der Waals surface area (Å²) in [5.41, 5.74) is 2.94. The number of hydrogen-bond acceptors (Lipinski definition) is 6. The molecule has 6 rings (SSSR count). The van der Waals surface area contributed by atoms with E-state index in [-0.39, 0.29) is 17.8 Å². The number of rotatable bonds is 7. The fraction of sp³-hybridized carbons (Fsp3) is 0.0690. The lowest BCUT2D eigenvalue weighted by molar-refractivity contribution is -0.384. The van der Waals surface area contributed by atoms with Gasteiger partial charge in [-0.05, 0) is 85.0 Å². The highest BCUT2D eigenvalue weighted by atomic mass is 32.2. The van der Waals surface area contributed by atoms with Gasteiger partial charge in [0.05, 0.1) is 16.7 Å². The first-order valence-electron chi connectivity index (χ1n) is 12.2. The van der Waals surface area contributed by atoms with Crippen LogP contribution in [0.5, 0.6) is 0 Å². The highest BCUT2D eigenvalue weighted by Crippen LogP contribution is 2.42. The fourth-order valence-corrected chi connectivity index (χ4v) is 5.88. The number of benzene rings is 2. The minimum Gasteiger partial charge on any atom is -0.351 e. The summed E-state index contributed by atoms with van der Waals surface area (Å²) in [6.45, 7) is 0. The van der Waals surface area contributed by atoms with Gasteiger partial charge in [-0.2, -0.15) is 0 Å². The molecule has 1 saturated heterocycles. The normalized spacial score (nSPS) is 16.7. The van der Waals surface area contributed by atoms with Crippen molar-refractivity contribution in [2.45, 2.75) is 21.9 Å². The van der Waals surface area contributed by atoms with Crippen molar-refractivity contribution in [3.8, 4) is 5.82 Å². The first-order valence-corrected chi connectivity index (χ1v) is 13.4. The Hall–Kier alpha value is -4.54. The number of hydrogen-bond donors (Lipinski definition) is 1. The van der Waals surface area contributed by atoms with Crippen LogP contribution in [-0.2, 0) is 0 Å². The fourth-order valence-electron chi connectivity index (χ4n) is 4.72. The van der Waals surface area contributed by atoms with E-state index in [1.54, 1.807) is 36.3 Å². The number of aromatic nitrogens is 3. The SMILES string of the molecule is O=[N+]([O-])c1ccc(Sc2ccc(N3C(=S)N[C@@H](c4ccccn4)[C@@H]3c3cccn3-c3ccccn3)cc2)cc1. The number of thiocarbonyl (C=S) groups is 1. The van der Waals surface area contributed by atoms with Crippen molar-refractivity contribution in [3.05, 3.63) is 137 Å². The van der Waals surface area contributed by atoms with E-state index in [4.69, 9.17) is 12.2 Å². The second-order valence-electron chi connectivity index (χ2n) is 8.83. The van der Waals surface area contributed by atoms with Crippen LogP contribution >= 0.6 is 24.0 Å². The molecule has 0 bridgehead atoms. The Morgan fingerprint density at radius 2 is 1.54 bits per heavy atom. The van der Waals surface area contributed by atoms with Crippen molar-refractivity contribution >= 4 is 40.5 Å². The molecule has 0 amide bonds. The zero-order valence-electron chi connectivity index (χ0n) is 20.5. The van der Waals surface area contributed by atoms with Crippen LogP contribution in [-0.4, -0.2) is 24.6 Å². The minimum atomic E-state index is -0.394. The maximum atomic E-state index is 11.0. The monoisotopic (exact) mass is 550 g/mol. The number of nitrogens with zero attached hydrogens (tertiary/aromatic N) is 5. The molecular weight excluding hydrogens is 528 g/mol. The molecule has 0 saturated carbocycles. The maximum Gasteiger partial charge on any atom is 0.269 e. The Morgan fingerprint density at radius 1 is 0.846 bits per heavy atom. The molecule has 4 heterocycles. The van der Waals surface area contributed by atoms with Gasteiger partial charge in [-0.3, -0.25) is 15.1 Å². The highest BCUT2D eigenvalue weighted by Gasteiger charge is 2.42. The molecule has 0 aliphatic carbocycles. The predicted molar refractivity (Wildman–Crippen MR) is 155 cm³/mol. The van der Waals surface area contributed by atoms with Crippen LogP contribution in [0.4, 0.5) is 11.4 Å². The number of nitro groups is 1. The molecular formula is C29H22N6O2S2. The van der Waals surface area contributed by atoms with E-state index in [1.165, 1.54) is 12.1 Å². The molecule has 3 aromatic heterocycles. The average Bonchev–Trinajstić information content (AvgIpc) is 3.59. The van der Waals surface area contributed by atoms with Crippen molar-refractivity contribution in [3.63, 3.8) is 0 Å². The van der Waals surface area contributed by atoms with E-state index in [0.29, 0.717) is 5.11 Å². The summed E-state index contributed by atoms with van der Waals surface area (Å²) in [5.74, 6) is 0.824. The Labute approximate surface area is 234 Å². The molecule has 2 atom stereocenters. The third kappa shape index (κ3) is 4.99. The molecule has 1 fully saturated rings. The van der Waals surface area contributed by atoms with Crippen molar-refractivity contribution in [1.29, 1.82) is 0 Å². The summed E-state index contributed by atoms with van der Waals surface area (Å²) in [4.78, 5) is 23.8. The lowest BCUT2D eigenvalue weighted by Gasteiger charge is -2.29. The van der Waals surface area contributed by atoms with Gasteiger partial charge in [0.25, 0.3) is 5.69 Å². The van der Waals surface area contributed by atoms with Crippen molar-refractivity contribution in [2.75, 3.05) is 4.90 Å². The minimum absolute atomic E-state index is 0.0775. The van der Waals surface area contributed by atoms with Crippen LogP contribution in [0.15, 0.2) is 125 Å². The van der Waals surface area contributed by atoms with Crippen molar-refractivity contribution in [1.82, 2.24) is 19.9 Å². The molecule has 10 heteroatoms. The summed E-state index contributed by atoms with van der Waals surface area (Å²) in [5, 5.41) is 15.1. The van der Waals surface area contributed by atoms with Crippen LogP contribution in [0, 0.1) is 10.1 Å². The Morgan fingerprint density at radius 3 is 2.18 bits per heavy atom. The summed E-state index contributed by atoms with van der Waals surface area (Å²) in [6.07, 6.45) is 5.59. The zero-order chi connectivity index (χ0) is 26.8. The molecule has 8 nitrogen and oxygen atoms in total. The third-order valence-corrected chi connectivity index (χ3v) is 7.81. The topological polar surface area (TPSA) is 89.1 Å². The van der Waals surface area contributed by atoms with Gasteiger partial charge in [0.2, 0.25) is 0 Å². The number of nitrogens with one attached hydrogen (secondary N) is 1. The number of anilines is 1. The second-order valence-corrected chi connectivity index (χ2v) is 10.4. The summed E-state index contributed by atoms with van der Waals surface area (Å²) in [7, 11) is 0. The van der Waals surface area contributed by atoms with E-state index >= 15 is 0 Å². The lowest BCUT2D eigenvalue weighted by atomic mass is 10.0. The van der Waals surface area contributed by atoms with E-state index in [9.17, 15) is 10.1 Å². The predicted octanol–water partition coefficient (Wildman–Crippen LogP) is 6.50. The van der Waals surface area contributed by atoms with Gasteiger partial charge in [-0.1, -0.05) is 23.9 Å². The molecule has 5 aromatic rings. The van der Waals surface area contributed by atoms with E-state index in [0.717, 1.165) is 32.7 Å². The average molecular weight is 551 g/mol. The van der Waals surface area contributed by atoms with E-state index in [1.807, 2.05) is 72.9 Å². The second kappa shape index (κ2) is 10.7. The number of pyridine rings is 2. The van der Waals surface area contributed by atoms with Gasteiger partial charge in [0.1, 0.15) is 11.9 Å². The van der Waals surface area contributed by atoms with Gasteiger partial charge >= 0.3 is 0 Å². The van der Waals surface area contributed by atoms with E-state index in [2.05, 4.69) is 30.8 Å². The first-order chi connectivity index (χ1) is 19.1. The van der Waals surface area contributed by atoms with Gasteiger partial charge in [0.15, 0.2) is 5.11 Å². The van der Waals surface area contributed by atoms with Gasteiger partial charge in [0, 0.05) is 51.9 Å². The van der Waals surface area contributed by atoms with Crippen LogP contribution in [0.1, 0.15) is 23.5 Å².